The molecule has 1 aliphatic rings. The van der Waals surface area contributed by atoms with Gasteiger partial charge >= 0.3 is 0 Å². The van der Waals surface area contributed by atoms with Crippen LogP contribution in [0.5, 0.6) is 17.2 Å². The standard InChI is InChI=1S/C21H36N4O3.HI/c1-16-7-11-25(12-8-16)10-6-9-23-21(22-2)24-15-18-19(27-4)13-17(26-3)14-20(18)28-5;/h13-14,16H,6-12,15H2,1-5H3,(H2,22,23,24);1H. The Balaban J connectivity index is 0.00000420. The predicted molar refractivity (Wildman–Crippen MR) is 129 cm³/mol. The molecular weight excluding hydrogens is 483 g/mol. The number of rotatable bonds is 9. The van der Waals surface area contributed by atoms with Crippen molar-refractivity contribution in [2.45, 2.75) is 32.7 Å². The molecule has 0 amide bonds. The number of hydrogen-bond acceptors (Lipinski definition) is 5. The molecule has 0 aliphatic carbocycles. The third kappa shape index (κ3) is 8.08. The van der Waals surface area contributed by atoms with Crippen molar-refractivity contribution in [2.75, 3.05) is 54.6 Å². The first-order chi connectivity index (χ1) is 13.6. The molecule has 0 aromatic heterocycles. The van der Waals surface area contributed by atoms with Gasteiger partial charge in [0.1, 0.15) is 17.2 Å². The van der Waals surface area contributed by atoms with Crippen molar-refractivity contribution in [3.63, 3.8) is 0 Å². The van der Waals surface area contributed by atoms with E-state index in [-0.39, 0.29) is 24.0 Å². The zero-order valence-electron chi connectivity index (χ0n) is 18.4. The molecule has 1 saturated heterocycles. The molecular formula is C21H37IN4O3. The molecule has 1 aromatic carbocycles. The maximum Gasteiger partial charge on any atom is 0.191 e. The first kappa shape index (κ1) is 25.6. The lowest BCUT2D eigenvalue weighted by Gasteiger charge is -2.30. The van der Waals surface area contributed by atoms with E-state index in [0.29, 0.717) is 12.3 Å². The van der Waals surface area contributed by atoms with Gasteiger partial charge in [-0.15, -0.1) is 24.0 Å². The van der Waals surface area contributed by atoms with Crippen LogP contribution in [0.2, 0.25) is 0 Å². The summed E-state index contributed by atoms with van der Waals surface area (Å²) in [5.41, 5.74) is 0.927. The molecule has 2 N–H and O–H groups in total. The van der Waals surface area contributed by atoms with E-state index in [2.05, 4.69) is 27.4 Å². The average molecular weight is 520 g/mol. The number of nitrogens with zero attached hydrogens (tertiary/aromatic N) is 2. The van der Waals surface area contributed by atoms with Crippen LogP contribution in [0.15, 0.2) is 17.1 Å². The van der Waals surface area contributed by atoms with Gasteiger partial charge < -0.3 is 29.7 Å². The van der Waals surface area contributed by atoms with Gasteiger partial charge in [-0.1, -0.05) is 6.92 Å². The fraction of sp³-hybridized carbons (Fsp3) is 0.667. The van der Waals surface area contributed by atoms with Gasteiger partial charge in [-0.25, -0.2) is 0 Å². The van der Waals surface area contributed by atoms with Crippen LogP contribution in [0.3, 0.4) is 0 Å². The first-order valence-corrected chi connectivity index (χ1v) is 10.1. The Morgan fingerprint density at radius 1 is 1.07 bits per heavy atom. The number of ether oxygens (including phenoxy) is 3. The van der Waals surface area contributed by atoms with Gasteiger partial charge in [0.15, 0.2) is 5.96 Å². The van der Waals surface area contributed by atoms with Crippen molar-refractivity contribution in [3.05, 3.63) is 17.7 Å². The maximum absolute atomic E-state index is 5.50. The van der Waals surface area contributed by atoms with Crippen LogP contribution in [0.4, 0.5) is 0 Å². The predicted octanol–water partition coefficient (Wildman–Crippen LogP) is 3.12. The number of halogens is 1. The minimum absolute atomic E-state index is 0. The Morgan fingerprint density at radius 2 is 1.69 bits per heavy atom. The second-order valence-electron chi connectivity index (χ2n) is 7.24. The fourth-order valence-electron chi connectivity index (χ4n) is 3.44. The normalized spacial score (nSPS) is 15.4. The third-order valence-electron chi connectivity index (χ3n) is 5.29. The zero-order valence-corrected chi connectivity index (χ0v) is 20.7. The molecule has 1 aromatic rings. The summed E-state index contributed by atoms with van der Waals surface area (Å²) in [5, 5.41) is 6.73. The summed E-state index contributed by atoms with van der Waals surface area (Å²) >= 11 is 0. The van der Waals surface area contributed by atoms with Crippen LogP contribution in [0, 0.1) is 5.92 Å². The highest BCUT2D eigenvalue weighted by molar-refractivity contribution is 14.0. The number of piperidine rings is 1. The second-order valence-corrected chi connectivity index (χ2v) is 7.24. The van der Waals surface area contributed by atoms with Crippen LogP contribution < -0.4 is 24.8 Å². The van der Waals surface area contributed by atoms with E-state index in [9.17, 15) is 0 Å². The molecule has 1 aliphatic heterocycles. The molecule has 0 saturated carbocycles. The van der Waals surface area contributed by atoms with Gasteiger partial charge in [0.2, 0.25) is 0 Å². The maximum atomic E-state index is 5.50. The monoisotopic (exact) mass is 520 g/mol. The SMILES string of the molecule is CN=C(NCCCN1CCC(C)CC1)NCc1c(OC)cc(OC)cc1OC.I. The quantitative estimate of drug-likeness (QED) is 0.226. The Labute approximate surface area is 192 Å². The second kappa shape index (κ2) is 13.7. The Bertz CT molecular complexity index is 609. The average Bonchev–Trinajstić information content (AvgIpc) is 2.73. The molecule has 1 heterocycles. The van der Waals surface area contributed by atoms with E-state index >= 15 is 0 Å². The molecule has 1 fully saturated rings. The van der Waals surface area contributed by atoms with Crippen molar-refractivity contribution >= 4 is 29.9 Å². The van der Waals surface area contributed by atoms with Gasteiger partial charge in [-0.3, -0.25) is 4.99 Å². The topological polar surface area (TPSA) is 67.4 Å². The number of aliphatic imine (C=N–C) groups is 1. The molecule has 0 bridgehead atoms. The van der Waals surface area contributed by atoms with E-state index in [1.807, 2.05) is 12.1 Å². The summed E-state index contributed by atoms with van der Waals surface area (Å²) in [6.45, 7) is 7.37. The number of methoxy groups -OCH3 is 3. The number of likely N-dealkylation sites (tertiary alicyclic amines) is 1. The molecule has 0 spiro atoms. The van der Waals surface area contributed by atoms with Crippen LogP contribution in [0.1, 0.15) is 31.7 Å². The van der Waals surface area contributed by atoms with Crippen LogP contribution in [0.25, 0.3) is 0 Å². The molecule has 29 heavy (non-hydrogen) atoms. The molecule has 2 rings (SSSR count). The Hall–Kier alpha value is -1.42. The van der Waals surface area contributed by atoms with E-state index in [4.69, 9.17) is 14.2 Å². The van der Waals surface area contributed by atoms with Gasteiger partial charge in [0.05, 0.1) is 33.4 Å². The number of guanidine groups is 1. The Morgan fingerprint density at radius 3 is 2.21 bits per heavy atom. The van der Waals surface area contributed by atoms with E-state index < -0.39 is 0 Å². The van der Waals surface area contributed by atoms with Crippen LogP contribution >= 0.6 is 24.0 Å². The van der Waals surface area contributed by atoms with Gasteiger partial charge in [0, 0.05) is 25.7 Å². The number of benzene rings is 1. The zero-order chi connectivity index (χ0) is 20.4. The van der Waals surface area contributed by atoms with Crippen molar-refractivity contribution in [3.8, 4) is 17.2 Å². The van der Waals surface area contributed by atoms with Crippen LogP contribution in [-0.2, 0) is 6.54 Å². The molecule has 0 atom stereocenters. The van der Waals surface area contributed by atoms with E-state index in [1.54, 1.807) is 28.4 Å². The smallest absolute Gasteiger partial charge is 0.191 e. The lowest BCUT2D eigenvalue weighted by Crippen LogP contribution is -2.39. The lowest BCUT2D eigenvalue weighted by molar-refractivity contribution is 0.191. The summed E-state index contributed by atoms with van der Waals surface area (Å²) < 4.78 is 16.3. The minimum atomic E-state index is 0. The van der Waals surface area contributed by atoms with Gasteiger partial charge in [-0.05, 0) is 44.8 Å². The largest absolute Gasteiger partial charge is 0.496 e. The van der Waals surface area contributed by atoms with E-state index in [1.165, 1.54) is 25.9 Å². The molecule has 166 valence electrons. The van der Waals surface area contributed by atoms with E-state index in [0.717, 1.165) is 48.5 Å². The first-order valence-electron chi connectivity index (χ1n) is 10.1. The highest BCUT2D eigenvalue weighted by atomic mass is 127. The van der Waals surface area contributed by atoms with Crippen molar-refractivity contribution in [1.29, 1.82) is 0 Å². The summed E-state index contributed by atoms with van der Waals surface area (Å²) in [5.74, 6) is 3.79. The number of nitrogens with one attached hydrogen (secondary N) is 2. The highest BCUT2D eigenvalue weighted by Crippen LogP contribution is 2.33. The molecule has 0 radical (unpaired) electrons. The highest BCUT2D eigenvalue weighted by Gasteiger charge is 2.15. The van der Waals surface area contributed by atoms with Gasteiger partial charge in [-0.2, -0.15) is 0 Å². The van der Waals surface area contributed by atoms with Crippen molar-refractivity contribution in [2.24, 2.45) is 10.9 Å². The summed E-state index contributed by atoms with van der Waals surface area (Å²) in [4.78, 5) is 6.88. The molecule has 8 heteroatoms. The summed E-state index contributed by atoms with van der Waals surface area (Å²) in [6.07, 6.45) is 3.74. The lowest BCUT2D eigenvalue weighted by atomic mass is 9.99. The van der Waals surface area contributed by atoms with Gasteiger partial charge in [0.25, 0.3) is 0 Å². The summed E-state index contributed by atoms with van der Waals surface area (Å²) in [7, 11) is 6.70. The molecule has 0 unspecified atom stereocenters. The third-order valence-corrected chi connectivity index (χ3v) is 5.29. The molecule has 7 nitrogen and oxygen atoms in total. The van der Waals surface area contributed by atoms with Crippen molar-refractivity contribution in [1.82, 2.24) is 15.5 Å². The number of hydrogen-bond donors (Lipinski definition) is 2. The summed E-state index contributed by atoms with van der Waals surface area (Å²) in [6, 6.07) is 3.71. The Kier molecular flexibility index (Phi) is 12.1. The van der Waals surface area contributed by atoms with Crippen LogP contribution in [-0.4, -0.2) is 65.4 Å². The minimum Gasteiger partial charge on any atom is -0.496 e. The fourth-order valence-corrected chi connectivity index (χ4v) is 3.44. The van der Waals surface area contributed by atoms with Crippen molar-refractivity contribution < 1.29 is 14.2 Å².